The second-order valence-electron chi connectivity index (χ2n) is 25.3. The highest BCUT2D eigenvalue weighted by Gasteiger charge is 2.29. The number of nitrogens with zero attached hydrogens (tertiary/aromatic N) is 4. The van der Waals surface area contributed by atoms with E-state index in [1.54, 1.807) is 0 Å². The van der Waals surface area contributed by atoms with Gasteiger partial charge in [0.25, 0.3) is 6.33 Å². The fourth-order valence-corrected chi connectivity index (χ4v) is 12.2. The lowest BCUT2D eigenvalue weighted by molar-refractivity contribution is -0.570. The smallest absolute Gasteiger partial charge is 0.269 e. The van der Waals surface area contributed by atoms with E-state index in [0.29, 0.717) is 56.2 Å². The van der Waals surface area contributed by atoms with E-state index < -0.39 is 36.3 Å². The number of imidazole rings is 1. The predicted octanol–water partition coefficient (Wildman–Crippen LogP) is 20.4. The van der Waals surface area contributed by atoms with Gasteiger partial charge in [-0.2, -0.15) is 0 Å². The van der Waals surface area contributed by atoms with Gasteiger partial charge in [0.2, 0.25) is 0 Å². The van der Waals surface area contributed by atoms with Crippen molar-refractivity contribution in [1.82, 2.24) is 14.1 Å². The zero-order valence-corrected chi connectivity index (χ0v) is 48.3. The molecule has 6 heteroatoms. The molecule has 0 spiro atoms. The number of rotatable bonds is 6. The molecule has 0 fully saturated rings. The molecule has 0 amide bonds. The molecule has 0 saturated heterocycles. The maximum Gasteiger partial charge on any atom is 0.269 e. The average Bonchev–Trinajstić information content (AvgIpc) is 1.45. The minimum absolute atomic E-state index is 0.0446. The number of hydrogen-bond donors (Lipinski definition) is 0. The molecule has 0 bridgehead atoms. The first-order valence-corrected chi connectivity index (χ1v) is 28.6. The number of furan rings is 1. The lowest BCUT2D eigenvalue weighted by Gasteiger charge is -2.27. The fraction of sp³-hybridized carbons (Fsp3) is 0.154. The molecule has 0 atom stereocenters. The van der Waals surface area contributed by atoms with Crippen molar-refractivity contribution in [2.24, 2.45) is 0 Å². The van der Waals surface area contributed by atoms with Gasteiger partial charge in [-0.1, -0.05) is 202 Å². The zero-order chi connectivity index (χ0) is 64.4. The van der Waals surface area contributed by atoms with Crippen LogP contribution >= 0.6 is 0 Å². The first-order valence-electron chi connectivity index (χ1n) is 32.6. The van der Waals surface area contributed by atoms with E-state index in [1.165, 1.54) is 0 Å². The molecule has 84 heavy (non-hydrogen) atoms. The Kier molecular flexibility index (Phi) is 9.66. The monoisotopic (exact) mass is 1100 g/mol. The maximum absolute atomic E-state index is 10.1. The quantitative estimate of drug-likeness (QED) is 0.123. The molecule has 408 valence electrons. The maximum atomic E-state index is 10.1. The summed E-state index contributed by atoms with van der Waals surface area (Å²) in [6, 6.07) is 53.1. The van der Waals surface area contributed by atoms with E-state index in [4.69, 9.17) is 14.1 Å². The molecule has 0 aliphatic carbocycles. The van der Waals surface area contributed by atoms with E-state index in [0.717, 1.165) is 77.4 Å². The molecule has 15 rings (SSSR count). The summed E-state index contributed by atoms with van der Waals surface area (Å²) in [7, 11) is 0. The van der Waals surface area contributed by atoms with Gasteiger partial charge in [0.1, 0.15) is 28.5 Å². The first-order chi connectivity index (χ1) is 43.8. The number of fused-ring (bicyclic) bond motifs is 13. The summed E-state index contributed by atoms with van der Waals surface area (Å²) in [5.41, 5.74) is 12.1. The Labute approximate surface area is 501 Å². The number of ether oxygens (including phenoxy) is 1. The lowest BCUT2D eigenvalue weighted by Crippen LogP contribution is -2.32. The van der Waals surface area contributed by atoms with Crippen molar-refractivity contribution >= 4 is 54.8 Å². The van der Waals surface area contributed by atoms with Crippen LogP contribution in [0.3, 0.4) is 0 Å². The van der Waals surface area contributed by atoms with Gasteiger partial charge >= 0.3 is 0 Å². The van der Waals surface area contributed by atoms with E-state index in [2.05, 4.69) is 146 Å². The molecule has 10 aromatic carbocycles. The third-order valence-electron chi connectivity index (χ3n) is 16.7. The van der Waals surface area contributed by atoms with Crippen LogP contribution in [0.4, 0.5) is 0 Å². The first kappa shape index (κ1) is 43.0. The van der Waals surface area contributed by atoms with Gasteiger partial charge < -0.3 is 9.15 Å². The third kappa shape index (κ3) is 8.45. The van der Waals surface area contributed by atoms with Gasteiger partial charge in [-0.25, -0.2) is 4.98 Å². The van der Waals surface area contributed by atoms with E-state index in [-0.39, 0.29) is 50.6 Å². The molecule has 6 nitrogen and oxygen atoms in total. The van der Waals surface area contributed by atoms with Crippen molar-refractivity contribution in [3.63, 3.8) is 0 Å². The van der Waals surface area contributed by atoms with Gasteiger partial charge in [0.15, 0.2) is 0 Å². The number of para-hydroxylation sites is 3. The molecule has 4 aromatic heterocycles. The summed E-state index contributed by atoms with van der Waals surface area (Å²) in [6.45, 7) is 19.7. The molecular weight excluding hydrogens is 1020 g/mol. The standard InChI is InChI=1S/C78H64N4O2/c1-76(2,3)51-36-37-79-73(44-51)82-68-30-16-14-26-62(68)63-34-33-56(46-69(63)82)83-55-21-18-20-54(45-55)80-47-81-74-57(50-38-52(77(4,5)6)43-53(39-50)78(7,8)9)28-19-29-65(74)60-24-12-10-22-58(60)59-23-11-13-25-61(59)67-41-49(42-70(80)75(67)81)48-32-35-72-66(40-48)64-27-15-17-31-71(64)84-72/h10-46H,1-9H3/i10D,11D,12D,13D,22D,23D,24D,25D. The molecule has 14 aromatic rings. The molecular formula is C78H64N4O2. The second-order valence-corrected chi connectivity index (χ2v) is 25.3. The van der Waals surface area contributed by atoms with Crippen LogP contribution in [0.25, 0.3) is 128 Å². The molecule has 0 N–H and O–H groups in total. The predicted molar refractivity (Wildman–Crippen MR) is 346 cm³/mol. The number of pyridine rings is 1. The largest absolute Gasteiger partial charge is 0.458 e. The fourth-order valence-electron chi connectivity index (χ4n) is 12.2. The number of benzene rings is 10. The Balaban J connectivity index is 1.05. The lowest BCUT2D eigenvalue weighted by atomic mass is 9.78. The van der Waals surface area contributed by atoms with Crippen molar-refractivity contribution in [3.05, 3.63) is 247 Å². The van der Waals surface area contributed by atoms with Crippen LogP contribution < -0.4 is 9.30 Å². The summed E-state index contributed by atoms with van der Waals surface area (Å²) in [5.74, 6) is 1.91. The van der Waals surface area contributed by atoms with Gasteiger partial charge in [0, 0.05) is 33.8 Å². The molecule has 1 aliphatic rings. The Hall–Kier alpha value is -9.78. The van der Waals surface area contributed by atoms with Crippen LogP contribution in [0, 0.1) is 6.33 Å². The van der Waals surface area contributed by atoms with Crippen LogP contribution in [-0.2, 0) is 16.2 Å². The topological polar surface area (TPSA) is 49.0 Å². The molecule has 0 unspecified atom stereocenters. The molecule has 1 aliphatic heterocycles. The minimum atomic E-state index is -0.542. The number of hydrogen-bond acceptors (Lipinski definition) is 3. The summed E-state index contributed by atoms with van der Waals surface area (Å²) >= 11 is 0. The highest BCUT2D eigenvalue weighted by molar-refractivity contribution is 6.10. The minimum Gasteiger partial charge on any atom is -0.458 e. The van der Waals surface area contributed by atoms with Crippen molar-refractivity contribution in [2.45, 2.75) is 78.6 Å². The van der Waals surface area contributed by atoms with E-state index in [1.807, 2.05) is 112 Å². The van der Waals surface area contributed by atoms with Crippen molar-refractivity contribution < 1.29 is 24.7 Å². The van der Waals surface area contributed by atoms with Crippen LogP contribution in [-0.4, -0.2) is 14.1 Å². The summed E-state index contributed by atoms with van der Waals surface area (Å²) in [5, 5.41) is 3.94. The van der Waals surface area contributed by atoms with Gasteiger partial charge in [-0.05, 0) is 161 Å². The molecule has 5 heterocycles. The van der Waals surface area contributed by atoms with Crippen molar-refractivity contribution in [3.8, 4) is 84.3 Å². The van der Waals surface area contributed by atoms with E-state index in [9.17, 15) is 11.0 Å². The number of aromatic nitrogens is 4. The zero-order valence-electron chi connectivity index (χ0n) is 56.3. The third-order valence-corrected chi connectivity index (χ3v) is 16.7. The molecule has 0 saturated carbocycles. The van der Waals surface area contributed by atoms with Crippen molar-refractivity contribution in [2.75, 3.05) is 0 Å². The SMILES string of the molecule is [2H]c1c([2H])c([2H])c2c(c1[2H])-c1cccc(-c3cc(C(C)(C)C)cc(C(C)(C)C)c3)c1-[n+]1[c-]n(-c3cccc(Oc4ccc5c6ccccc6n(-c6cc(C(C)(C)C)ccn6)c5c4)c3)c3cc(-c4ccc5oc6ccccc6c5c4)cc(c31)-c1c([2H])c([2H])c([2H])c([2H])c1-2. The normalized spacial score (nSPS) is 13.9. The average molecular weight is 1100 g/mol. The van der Waals surface area contributed by atoms with Gasteiger partial charge in [-0.3, -0.25) is 13.7 Å². The van der Waals surface area contributed by atoms with Crippen LogP contribution in [0.1, 0.15) is 90.0 Å². The van der Waals surface area contributed by atoms with Crippen LogP contribution in [0.15, 0.2) is 229 Å². The molecule has 0 radical (unpaired) electrons. The Morgan fingerprint density at radius 1 is 0.452 bits per heavy atom. The Bertz CT molecular complexity index is 5470. The van der Waals surface area contributed by atoms with Crippen LogP contribution in [0.5, 0.6) is 11.5 Å². The van der Waals surface area contributed by atoms with E-state index >= 15 is 0 Å². The summed E-state index contributed by atoms with van der Waals surface area (Å²) in [4.78, 5) is 4.92. The van der Waals surface area contributed by atoms with Gasteiger partial charge in [-0.15, -0.1) is 0 Å². The van der Waals surface area contributed by atoms with Gasteiger partial charge in [0.05, 0.1) is 44.4 Å². The van der Waals surface area contributed by atoms with Crippen LogP contribution in [0.2, 0.25) is 0 Å². The van der Waals surface area contributed by atoms with Crippen molar-refractivity contribution in [1.29, 1.82) is 0 Å². The summed E-state index contributed by atoms with van der Waals surface area (Å²) < 4.78 is 96.8. The summed E-state index contributed by atoms with van der Waals surface area (Å²) in [6.07, 6.45) is 5.72. The Morgan fingerprint density at radius 2 is 1.08 bits per heavy atom. The highest BCUT2D eigenvalue weighted by Crippen LogP contribution is 2.48. The Morgan fingerprint density at radius 3 is 1.82 bits per heavy atom. The highest BCUT2D eigenvalue weighted by atomic mass is 16.5. The second kappa shape index (κ2) is 18.9.